The van der Waals surface area contributed by atoms with Crippen molar-refractivity contribution in [2.45, 2.75) is 19.9 Å². The van der Waals surface area contributed by atoms with Crippen LogP contribution in [0.25, 0.3) is 0 Å². The molecule has 1 aliphatic heterocycles. The van der Waals surface area contributed by atoms with Gasteiger partial charge in [0.05, 0.1) is 19.4 Å². The molecule has 3 rings (SSSR count). The molecule has 0 radical (unpaired) electrons. The summed E-state index contributed by atoms with van der Waals surface area (Å²) in [5.74, 6) is 2.27. The van der Waals surface area contributed by atoms with Crippen molar-refractivity contribution in [3.63, 3.8) is 0 Å². The molecule has 2 aromatic rings. The Morgan fingerprint density at radius 2 is 2.33 bits per heavy atom. The van der Waals surface area contributed by atoms with Crippen molar-refractivity contribution in [3.8, 4) is 11.5 Å². The summed E-state index contributed by atoms with van der Waals surface area (Å²) in [5.41, 5.74) is 7.73. The van der Waals surface area contributed by atoms with Crippen LogP contribution in [0.5, 0.6) is 11.5 Å². The Kier molecular flexibility index (Phi) is 4.59. The molecule has 1 aromatic heterocycles. The number of benzene rings is 1. The minimum Gasteiger partial charge on any atom is -0.497 e. The third-order valence-corrected chi connectivity index (χ3v) is 4.07. The van der Waals surface area contributed by atoms with Gasteiger partial charge in [-0.2, -0.15) is 5.10 Å². The normalized spacial score (nSPS) is 16.2. The Labute approximate surface area is 140 Å². The smallest absolute Gasteiger partial charge is 0.241 e. The molecule has 1 atom stereocenters. The lowest BCUT2D eigenvalue weighted by Gasteiger charge is -2.25. The number of aromatic nitrogens is 2. The lowest BCUT2D eigenvalue weighted by atomic mass is 9.96. The molecule has 1 aromatic carbocycles. The van der Waals surface area contributed by atoms with Gasteiger partial charge in [-0.15, -0.1) is 0 Å². The second-order valence-corrected chi connectivity index (χ2v) is 6.03. The number of carbonyl (C=O) groups is 1. The number of ether oxygens (including phenoxy) is 2. The number of aryl methyl sites for hydroxylation is 1. The van der Waals surface area contributed by atoms with E-state index in [4.69, 9.17) is 15.2 Å². The SMILES string of the molecule is COc1ccc2c(c1)OCC(CNC(=O)Cn1nc(C)cc1N)C2. The molecule has 0 fully saturated rings. The van der Waals surface area contributed by atoms with Crippen LogP contribution in [0.4, 0.5) is 5.82 Å². The van der Waals surface area contributed by atoms with E-state index in [0.29, 0.717) is 19.0 Å². The van der Waals surface area contributed by atoms with Crippen LogP contribution in [0, 0.1) is 12.8 Å². The van der Waals surface area contributed by atoms with Gasteiger partial charge < -0.3 is 20.5 Å². The topological polar surface area (TPSA) is 91.4 Å². The summed E-state index contributed by atoms with van der Waals surface area (Å²) >= 11 is 0. The molecule has 0 aliphatic carbocycles. The molecule has 2 heterocycles. The van der Waals surface area contributed by atoms with Crippen LogP contribution >= 0.6 is 0 Å². The number of nitrogen functional groups attached to an aromatic ring is 1. The second kappa shape index (κ2) is 6.82. The van der Waals surface area contributed by atoms with E-state index in [1.54, 1.807) is 13.2 Å². The Morgan fingerprint density at radius 1 is 1.50 bits per heavy atom. The highest BCUT2D eigenvalue weighted by atomic mass is 16.5. The number of nitrogens with zero attached hydrogens (tertiary/aromatic N) is 2. The van der Waals surface area contributed by atoms with E-state index in [9.17, 15) is 4.79 Å². The average Bonchev–Trinajstić information content (AvgIpc) is 2.89. The minimum atomic E-state index is -0.106. The van der Waals surface area contributed by atoms with Gasteiger partial charge in [0.15, 0.2) is 0 Å². The summed E-state index contributed by atoms with van der Waals surface area (Å²) in [6.07, 6.45) is 0.864. The molecule has 1 aliphatic rings. The number of nitrogens with two attached hydrogens (primary N) is 1. The Morgan fingerprint density at radius 3 is 3.04 bits per heavy atom. The third kappa shape index (κ3) is 3.61. The van der Waals surface area contributed by atoms with E-state index in [1.807, 2.05) is 25.1 Å². The molecule has 0 bridgehead atoms. The van der Waals surface area contributed by atoms with Crippen molar-refractivity contribution in [2.75, 3.05) is 26.0 Å². The van der Waals surface area contributed by atoms with Crippen LogP contribution in [-0.2, 0) is 17.8 Å². The van der Waals surface area contributed by atoms with Gasteiger partial charge in [0.2, 0.25) is 5.91 Å². The lowest BCUT2D eigenvalue weighted by molar-refractivity contribution is -0.122. The van der Waals surface area contributed by atoms with Gasteiger partial charge in [-0.05, 0) is 25.0 Å². The Balaban J connectivity index is 1.52. The highest BCUT2D eigenvalue weighted by Gasteiger charge is 2.21. The van der Waals surface area contributed by atoms with Gasteiger partial charge in [0.1, 0.15) is 23.9 Å². The van der Waals surface area contributed by atoms with E-state index in [1.165, 1.54) is 4.68 Å². The third-order valence-electron chi connectivity index (χ3n) is 4.07. The molecule has 128 valence electrons. The number of hydrogen-bond acceptors (Lipinski definition) is 5. The molecule has 3 N–H and O–H groups in total. The summed E-state index contributed by atoms with van der Waals surface area (Å²) in [5, 5.41) is 7.12. The number of rotatable bonds is 5. The van der Waals surface area contributed by atoms with E-state index >= 15 is 0 Å². The molecule has 24 heavy (non-hydrogen) atoms. The van der Waals surface area contributed by atoms with Gasteiger partial charge in [-0.1, -0.05) is 6.07 Å². The van der Waals surface area contributed by atoms with Crippen LogP contribution in [0.1, 0.15) is 11.3 Å². The fourth-order valence-corrected chi connectivity index (χ4v) is 2.82. The van der Waals surface area contributed by atoms with Gasteiger partial charge in [0.25, 0.3) is 0 Å². The van der Waals surface area contributed by atoms with Gasteiger partial charge in [-0.3, -0.25) is 4.79 Å². The van der Waals surface area contributed by atoms with Crippen molar-refractivity contribution in [3.05, 3.63) is 35.5 Å². The molecule has 1 unspecified atom stereocenters. The molecule has 0 spiro atoms. The minimum absolute atomic E-state index is 0.106. The number of nitrogens with one attached hydrogen (secondary N) is 1. The van der Waals surface area contributed by atoms with Crippen LogP contribution in [0.3, 0.4) is 0 Å². The summed E-state index contributed by atoms with van der Waals surface area (Å²) in [6.45, 7) is 3.10. The maximum Gasteiger partial charge on any atom is 0.241 e. The summed E-state index contributed by atoms with van der Waals surface area (Å²) < 4.78 is 12.5. The monoisotopic (exact) mass is 330 g/mol. The first-order chi connectivity index (χ1) is 11.5. The Hall–Kier alpha value is -2.70. The molecular formula is C17H22N4O3. The van der Waals surface area contributed by atoms with E-state index < -0.39 is 0 Å². The van der Waals surface area contributed by atoms with Crippen LogP contribution in [-0.4, -0.2) is 35.9 Å². The van der Waals surface area contributed by atoms with Crippen molar-refractivity contribution in [1.82, 2.24) is 15.1 Å². The number of fused-ring (bicyclic) bond motifs is 1. The molecular weight excluding hydrogens is 308 g/mol. The largest absolute Gasteiger partial charge is 0.497 e. The predicted octanol–water partition coefficient (Wildman–Crippen LogP) is 1.15. The first-order valence-corrected chi connectivity index (χ1v) is 7.91. The average molecular weight is 330 g/mol. The van der Waals surface area contributed by atoms with Crippen molar-refractivity contribution in [2.24, 2.45) is 5.92 Å². The van der Waals surface area contributed by atoms with Crippen molar-refractivity contribution in [1.29, 1.82) is 0 Å². The standard InChI is InChI=1S/C17H22N4O3/c1-11-5-16(18)21(20-11)9-17(22)19-8-12-6-13-3-4-14(23-2)7-15(13)24-10-12/h3-5,7,12H,6,8-10,18H2,1-2H3,(H,19,22). The fourth-order valence-electron chi connectivity index (χ4n) is 2.82. The number of anilines is 1. The first kappa shape index (κ1) is 16.2. The molecule has 7 heteroatoms. The van der Waals surface area contributed by atoms with Crippen LogP contribution in [0.2, 0.25) is 0 Å². The van der Waals surface area contributed by atoms with E-state index in [2.05, 4.69) is 10.4 Å². The van der Waals surface area contributed by atoms with Gasteiger partial charge >= 0.3 is 0 Å². The highest BCUT2D eigenvalue weighted by molar-refractivity contribution is 5.76. The van der Waals surface area contributed by atoms with E-state index in [0.717, 1.165) is 29.2 Å². The van der Waals surface area contributed by atoms with Crippen LogP contribution < -0.4 is 20.5 Å². The molecule has 1 amide bonds. The number of methoxy groups -OCH3 is 1. The predicted molar refractivity (Wildman–Crippen MR) is 90.1 cm³/mol. The quantitative estimate of drug-likeness (QED) is 0.858. The number of hydrogen-bond donors (Lipinski definition) is 2. The number of amides is 1. The zero-order chi connectivity index (χ0) is 17.1. The highest BCUT2D eigenvalue weighted by Crippen LogP contribution is 2.30. The summed E-state index contributed by atoms with van der Waals surface area (Å²) in [4.78, 5) is 12.1. The summed E-state index contributed by atoms with van der Waals surface area (Å²) in [6, 6.07) is 7.57. The van der Waals surface area contributed by atoms with Crippen LogP contribution in [0.15, 0.2) is 24.3 Å². The number of carbonyl (C=O) groups excluding carboxylic acids is 1. The van der Waals surface area contributed by atoms with Gasteiger partial charge in [-0.25, -0.2) is 4.68 Å². The molecule has 0 saturated heterocycles. The van der Waals surface area contributed by atoms with Crippen molar-refractivity contribution < 1.29 is 14.3 Å². The first-order valence-electron chi connectivity index (χ1n) is 7.91. The van der Waals surface area contributed by atoms with Gasteiger partial charge in [0, 0.05) is 24.6 Å². The maximum atomic E-state index is 12.1. The zero-order valence-corrected chi connectivity index (χ0v) is 13.9. The van der Waals surface area contributed by atoms with Crippen molar-refractivity contribution >= 4 is 11.7 Å². The second-order valence-electron chi connectivity index (χ2n) is 6.03. The molecule has 7 nitrogen and oxygen atoms in total. The molecule has 0 saturated carbocycles. The Bertz CT molecular complexity index is 741. The van der Waals surface area contributed by atoms with E-state index in [-0.39, 0.29) is 18.4 Å². The zero-order valence-electron chi connectivity index (χ0n) is 13.9. The maximum absolute atomic E-state index is 12.1. The fraction of sp³-hybridized carbons (Fsp3) is 0.412. The summed E-state index contributed by atoms with van der Waals surface area (Å²) in [7, 11) is 1.64. The lowest BCUT2D eigenvalue weighted by Crippen LogP contribution is -2.36.